The molecule has 0 spiro atoms. The number of fused-ring (bicyclic) bond motifs is 1. The largest absolute Gasteiger partial charge is 0.449 e. The number of nitrogens with one attached hydrogen (secondary N) is 2. The summed E-state index contributed by atoms with van der Waals surface area (Å²) in [5.41, 5.74) is 5.95. The third-order valence-electron chi connectivity index (χ3n) is 3.43. The molecule has 2 aromatic rings. The first-order valence-corrected chi connectivity index (χ1v) is 7.37. The highest BCUT2D eigenvalue weighted by Crippen LogP contribution is 2.33. The summed E-state index contributed by atoms with van der Waals surface area (Å²) in [4.78, 5) is 35.0. The van der Waals surface area contributed by atoms with Crippen molar-refractivity contribution in [1.82, 2.24) is 5.32 Å². The van der Waals surface area contributed by atoms with Gasteiger partial charge in [0.2, 0.25) is 17.6 Å². The van der Waals surface area contributed by atoms with Gasteiger partial charge in [-0.25, -0.2) is 0 Å². The summed E-state index contributed by atoms with van der Waals surface area (Å²) in [5.74, 6) is -1.48. The van der Waals surface area contributed by atoms with E-state index in [9.17, 15) is 14.4 Å². The lowest BCUT2D eigenvalue weighted by Gasteiger charge is -2.10. The molecule has 0 radical (unpaired) electrons. The Morgan fingerprint density at radius 1 is 1.41 bits per heavy atom. The standard InChI is InChI=1S/C14H12BrN3O4/c15-6-1-3-9-7(5-6)11(12(22-9)13(16)20)18-14(21)8-2-4-10(19)17-8/h1,3,5,8H,2,4H2,(H2,16,20)(H,17,19)(H,18,21)/t8-/m0/s1. The van der Waals surface area contributed by atoms with Gasteiger partial charge in [-0.2, -0.15) is 0 Å². The predicted molar refractivity (Wildman–Crippen MR) is 82.2 cm³/mol. The molecule has 0 aliphatic carbocycles. The third-order valence-corrected chi connectivity index (χ3v) is 3.93. The van der Waals surface area contributed by atoms with Crippen molar-refractivity contribution in [3.63, 3.8) is 0 Å². The molecule has 1 saturated heterocycles. The van der Waals surface area contributed by atoms with E-state index in [-0.39, 0.29) is 17.4 Å². The van der Waals surface area contributed by atoms with E-state index in [1.54, 1.807) is 18.2 Å². The van der Waals surface area contributed by atoms with Gasteiger partial charge in [0.25, 0.3) is 5.91 Å². The van der Waals surface area contributed by atoms with Crippen LogP contribution in [0.5, 0.6) is 0 Å². The van der Waals surface area contributed by atoms with Crippen LogP contribution in [-0.4, -0.2) is 23.8 Å². The third kappa shape index (κ3) is 2.57. The van der Waals surface area contributed by atoms with Crippen molar-refractivity contribution < 1.29 is 18.8 Å². The van der Waals surface area contributed by atoms with Crippen molar-refractivity contribution in [2.24, 2.45) is 5.73 Å². The summed E-state index contributed by atoms with van der Waals surface area (Å²) in [6.45, 7) is 0. The van der Waals surface area contributed by atoms with Gasteiger partial charge in [-0.15, -0.1) is 0 Å². The molecule has 4 N–H and O–H groups in total. The van der Waals surface area contributed by atoms with E-state index >= 15 is 0 Å². The SMILES string of the molecule is NC(=O)c1oc2ccc(Br)cc2c1NC(=O)[C@@H]1CCC(=O)N1. The van der Waals surface area contributed by atoms with Crippen LogP contribution in [0, 0.1) is 0 Å². The van der Waals surface area contributed by atoms with Crippen molar-refractivity contribution in [1.29, 1.82) is 0 Å². The molecule has 1 aromatic heterocycles. The second-order valence-electron chi connectivity index (χ2n) is 4.96. The van der Waals surface area contributed by atoms with Crippen LogP contribution >= 0.6 is 15.9 Å². The van der Waals surface area contributed by atoms with E-state index in [2.05, 4.69) is 26.6 Å². The van der Waals surface area contributed by atoms with Crippen LogP contribution in [0.25, 0.3) is 11.0 Å². The average molecular weight is 366 g/mol. The zero-order chi connectivity index (χ0) is 15.9. The highest BCUT2D eigenvalue weighted by Gasteiger charge is 2.29. The number of rotatable bonds is 3. The Labute approximate surface area is 133 Å². The molecule has 2 heterocycles. The fourth-order valence-electron chi connectivity index (χ4n) is 2.39. The number of benzene rings is 1. The van der Waals surface area contributed by atoms with Crippen LogP contribution in [0.2, 0.25) is 0 Å². The second-order valence-corrected chi connectivity index (χ2v) is 5.87. The van der Waals surface area contributed by atoms with E-state index < -0.39 is 17.9 Å². The normalized spacial score (nSPS) is 17.5. The van der Waals surface area contributed by atoms with Crippen LogP contribution in [0.3, 0.4) is 0 Å². The van der Waals surface area contributed by atoms with Crippen LogP contribution in [-0.2, 0) is 9.59 Å². The first-order valence-electron chi connectivity index (χ1n) is 6.58. The summed E-state index contributed by atoms with van der Waals surface area (Å²) in [7, 11) is 0. The Morgan fingerprint density at radius 2 is 2.18 bits per heavy atom. The van der Waals surface area contributed by atoms with Crippen LogP contribution in [0.15, 0.2) is 27.1 Å². The number of halogens is 1. The molecule has 1 aromatic carbocycles. The average Bonchev–Trinajstić information content (AvgIpc) is 3.03. The Morgan fingerprint density at radius 3 is 2.82 bits per heavy atom. The lowest BCUT2D eigenvalue weighted by atomic mass is 10.2. The summed E-state index contributed by atoms with van der Waals surface area (Å²) in [6.07, 6.45) is 0.717. The number of hydrogen-bond donors (Lipinski definition) is 3. The van der Waals surface area contributed by atoms with Crippen LogP contribution in [0.4, 0.5) is 5.69 Å². The maximum atomic E-state index is 12.2. The summed E-state index contributed by atoms with van der Waals surface area (Å²) < 4.78 is 6.17. The smallest absolute Gasteiger partial charge is 0.286 e. The van der Waals surface area contributed by atoms with Gasteiger partial charge < -0.3 is 20.8 Å². The first-order chi connectivity index (χ1) is 10.5. The van der Waals surface area contributed by atoms with E-state index in [1.807, 2.05) is 0 Å². The molecule has 0 saturated carbocycles. The molecule has 3 rings (SSSR count). The monoisotopic (exact) mass is 365 g/mol. The van der Waals surface area contributed by atoms with Crippen molar-refractivity contribution >= 4 is 50.3 Å². The van der Waals surface area contributed by atoms with Crippen LogP contribution in [0.1, 0.15) is 23.4 Å². The zero-order valence-electron chi connectivity index (χ0n) is 11.3. The molecule has 1 atom stereocenters. The predicted octanol–water partition coefficient (Wildman–Crippen LogP) is 1.51. The van der Waals surface area contributed by atoms with E-state index in [0.29, 0.717) is 23.8 Å². The Hall–Kier alpha value is -2.35. The zero-order valence-corrected chi connectivity index (χ0v) is 12.9. The summed E-state index contributed by atoms with van der Waals surface area (Å²) in [6, 6.07) is 4.51. The van der Waals surface area contributed by atoms with Crippen molar-refractivity contribution in [3.05, 3.63) is 28.4 Å². The van der Waals surface area contributed by atoms with Crippen molar-refractivity contribution in [2.45, 2.75) is 18.9 Å². The van der Waals surface area contributed by atoms with E-state index in [0.717, 1.165) is 4.47 Å². The molecular weight excluding hydrogens is 354 g/mol. The summed E-state index contributed by atoms with van der Waals surface area (Å²) in [5, 5.41) is 5.76. The minimum atomic E-state index is -0.780. The Balaban J connectivity index is 1.99. The molecule has 7 nitrogen and oxygen atoms in total. The molecule has 0 unspecified atom stereocenters. The molecule has 1 aliphatic rings. The van der Waals surface area contributed by atoms with Crippen molar-refractivity contribution in [3.8, 4) is 0 Å². The lowest BCUT2D eigenvalue weighted by molar-refractivity contribution is -0.122. The maximum Gasteiger partial charge on any atom is 0.286 e. The Bertz CT molecular complexity index is 799. The van der Waals surface area contributed by atoms with Gasteiger partial charge in [0.15, 0.2) is 0 Å². The van der Waals surface area contributed by atoms with Gasteiger partial charge in [0.1, 0.15) is 17.3 Å². The van der Waals surface area contributed by atoms with Gasteiger partial charge in [0, 0.05) is 16.3 Å². The number of nitrogens with two attached hydrogens (primary N) is 1. The van der Waals surface area contributed by atoms with E-state index in [1.165, 1.54) is 0 Å². The molecule has 1 fully saturated rings. The first kappa shape index (κ1) is 14.6. The maximum absolute atomic E-state index is 12.2. The van der Waals surface area contributed by atoms with Crippen LogP contribution < -0.4 is 16.4 Å². The Kier molecular flexibility index (Phi) is 3.61. The molecule has 22 heavy (non-hydrogen) atoms. The van der Waals surface area contributed by atoms with Gasteiger partial charge in [-0.05, 0) is 24.6 Å². The van der Waals surface area contributed by atoms with Gasteiger partial charge in [-0.3, -0.25) is 14.4 Å². The topological polar surface area (TPSA) is 114 Å². The fraction of sp³-hybridized carbons (Fsp3) is 0.214. The molecule has 1 aliphatic heterocycles. The number of amides is 3. The van der Waals surface area contributed by atoms with Crippen molar-refractivity contribution in [2.75, 3.05) is 5.32 Å². The fourth-order valence-corrected chi connectivity index (χ4v) is 2.75. The molecule has 8 heteroatoms. The van der Waals surface area contributed by atoms with Gasteiger partial charge >= 0.3 is 0 Å². The second kappa shape index (κ2) is 5.45. The number of furan rings is 1. The molecule has 114 valence electrons. The quantitative estimate of drug-likeness (QED) is 0.764. The molecule has 3 amide bonds. The van der Waals surface area contributed by atoms with Gasteiger partial charge in [0.05, 0.1) is 0 Å². The minimum absolute atomic E-state index is 0.120. The summed E-state index contributed by atoms with van der Waals surface area (Å²) >= 11 is 3.33. The number of carbonyl (C=O) groups excluding carboxylic acids is 3. The lowest BCUT2D eigenvalue weighted by Crippen LogP contribution is -2.37. The number of carbonyl (C=O) groups is 3. The van der Waals surface area contributed by atoms with Gasteiger partial charge in [-0.1, -0.05) is 15.9 Å². The number of hydrogen-bond acceptors (Lipinski definition) is 4. The number of anilines is 1. The number of primary amides is 1. The molecule has 0 bridgehead atoms. The highest BCUT2D eigenvalue weighted by atomic mass is 79.9. The minimum Gasteiger partial charge on any atom is -0.449 e. The molecular formula is C14H12BrN3O4. The van der Waals surface area contributed by atoms with E-state index in [4.69, 9.17) is 10.2 Å². The highest BCUT2D eigenvalue weighted by molar-refractivity contribution is 9.10.